The third kappa shape index (κ3) is 2.34. The largest absolute Gasteiger partial charge is 0.356 e. The van der Waals surface area contributed by atoms with E-state index in [2.05, 4.69) is 23.2 Å². The van der Waals surface area contributed by atoms with E-state index in [-0.39, 0.29) is 5.91 Å². The van der Waals surface area contributed by atoms with Crippen molar-refractivity contribution < 1.29 is 4.79 Å². The monoisotopic (exact) mass is 337 g/mol. The highest BCUT2D eigenvalue weighted by Gasteiger charge is 2.31. The Morgan fingerprint density at radius 3 is 3.08 bits per heavy atom. The number of nitrogens with one attached hydrogen (secondary N) is 1. The number of rotatable bonds is 1. The van der Waals surface area contributed by atoms with Gasteiger partial charge in [-0.05, 0) is 43.2 Å². The summed E-state index contributed by atoms with van der Waals surface area (Å²) in [5.74, 6) is 1.78. The minimum atomic E-state index is 0.0163. The predicted molar refractivity (Wildman–Crippen MR) is 95.8 cm³/mol. The average molecular weight is 337 g/mol. The summed E-state index contributed by atoms with van der Waals surface area (Å²) in [4.78, 5) is 19.4. The quantitative estimate of drug-likeness (QED) is 0.865. The number of aryl methyl sites for hydroxylation is 1. The molecular weight excluding hydrogens is 314 g/mol. The van der Waals surface area contributed by atoms with Gasteiger partial charge < -0.3 is 10.2 Å². The molecule has 1 unspecified atom stereocenters. The molecule has 1 aliphatic carbocycles. The van der Waals surface area contributed by atoms with Crippen molar-refractivity contribution in [3.8, 4) is 11.3 Å². The summed E-state index contributed by atoms with van der Waals surface area (Å²) in [7, 11) is 0. The lowest BCUT2D eigenvalue weighted by Gasteiger charge is -2.32. The van der Waals surface area contributed by atoms with Crippen molar-refractivity contribution in [3.63, 3.8) is 0 Å². The zero-order valence-electron chi connectivity index (χ0n) is 14.6. The van der Waals surface area contributed by atoms with E-state index in [0.717, 1.165) is 55.2 Å². The lowest BCUT2D eigenvalue weighted by Crippen LogP contribution is -2.36. The molecule has 5 rings (SSSR count). The summed E-state index contributed by atoms with van der Waals surface area (Å²) in [5, 5.41) is 7.74. The van der Waals surface area contributed by atoms with Gasteiger partial charge in [-0.2, -0.15) is 5.10 Å². The van der Waals surface area contributed by atoms with Crippen LogP contribution in [0.25, 0.3) is 11.3 Å². The van der Waals surface area contributed by atoms with Crippen LogP contribution in [0.3, 0.4) is 0 Å². The molecule has 3 aliphatic rings. The smallest absolute Gasteiger partial charge is 0.269 e. The number of amides is 1. The van der Waals surface area contributed by atoms with Crippen LogP contribution in [0.5, 0.6) is 0 Å². The van der Waals surface area contributed by atoms with E-state index in [9.17, 15) is 4.79 Å². The summed E-state index contributed by atoms with van der Waals surface area (Å²) in [6, 6.07) is 2.20. The second-order valence-electron chi connectivity index (χ2n) is 7.55. The van der Waals surface area contributed by atoms with Crippen LogP contribution in [0.1, 0.15) is 41.4 Å². The number of piperidine rings is 1. The van der Waals surface area contributed by atoms with Gasteiger partial charge in [-0.1, -0.05) is 6.92 Å². The number of hydrogen-bond donors (Lipinski definition) is 1. The topological polar surface area (TPSA) is 63.1 Å². The van der Waals surface area contributed by atoms with Crippen LogP contribution in [0.4, 0.5) is 5.82 Å². The highest BCUT2D eigenvalue weighted by molar-refractivity contribution is 5.97. The first-order valence-corrected chi connectivity index (χ1v) is 9.33. The van der Waals surface area contributed by atoms with Crippen LogP contribution < -0.4 is 10.2 Å². The molecule has 1 saturated heterocycles. The minimum absolute atomic E-state index is 0.0163. The fourth-order valence-corrected chi connectivity index (χ4v) is 4.45. The first kappa shape index (κ1) is 14.9. The van der Waals surface area contributed by atoms with Crippen molar-refractivity contribution in [1.82, 2.24) is 20.1 Å². The van der Waals surface area contributed by atoms with Crippen molar-refractivity contribution in [2.75, 3.05) is 24.5 Å². The second-order valence-corrected chi connectivity index (χ2v) is 7.55. The van der Waals surface area contributed by atoms with Crippen LogP contribution in [0, 0.1) is 5.92 Å². The summed E-state index contributed by atoms with van der Waals surface area (Å²) in [6.45, 7) is 5.87. The molecule has 0 bridgehead atoms. The Morgan fingerprint density at radius 1 is 1.28 bits per heavy atom. The van der Waals surface area contributed by atoms with Crippen molar-refractivity contribution in [1.29, 1.82) is 0 Å². The zero-order chi connectivity index (χ0) is 17.0. The predicted octanol–water partition coefficient (Wildman–Crippen LogP) is 2.02. The summed E-state index contributed by atoms with van der Waals surface area (Å²) < 4.78 is 1.89. The van der Waals surface area contributed by atoms with E-state index in [1.165, 1.54) is 24.0 Å². The first-order chi connectivity index (χ1) is 12.2. The van der Waals surface area contributed by atoms with Crippen molar-refractivity contribution in [2.24, 2.45) is 5.92 Å². The van der Waals surface area contributed by atoms with Crippen LogP contribution in [0.15, 0.2) is 12.3 Å². The molecule has 25 heavy (non-hydrogen) atoms. The van der Waals surface area contributed by atoms with Crippen molar-refractivity contribution >= 4 is 11.7 Å². The summed E-state index contributed by atoms with van der Waals surface area (Å²) in [6.07, 6.45) is 6.34. The van der Waals surface area contributed by atoms with Gasteiger partial charge in [-0.3, -0.25) is 9.48 Å². The molecule has 1 atom stereocenters. The van der Waals surface area contributed by atoms with Gasteiger partial charge in [-0.25, -0.2) is 4.98 Å². The first-order valence-electron chi connectivity index (χ1n) is 9.33. The molecular formula is C19H23N5O. The molecule has 6 heteroatoms. The highest BCUT2D eigenvalue weighted by atomic mass is 16.2. The fraction of sp³-hybridized carbons (Fsp3) is 0.526. The number of fused-ring (bicyclic) bond motifs is 5. The van der Waals surface area contributed by atoms with Crippen LogP contribution in [0.2, 0.25) is 0 Å². The number of pyridine rings is 1. The molecule has 2 aliphatic heterocycles. The summed E-state index contributed by atoms with van der Waals surface area (Å²) in [5.41, 5.74) is 5.27. The number of nitrogens with zero attached hydrogens (tertiary/aromatic N) is 4. The van der Waals surface area contributed by atoms with Gasteiger partial charge in [0, 0.05) is 37.0 Å². The van der Waals surface area contributed by atoms with E-state index >= 15 is 0 Å². The normalized spacial score (nSPS) is 22.0. The Kier molecular flexibility index (Phi) is 3.33. The van der Waals surface area contributed by atoms with Gasteiger partial charge >= 0.3 is 0 Å². The molecule has 130 valence electrons. The maximum atomic E-state index is 12.3. The van der Waals surface area contributed by atoms with Gasteiger partial charge in [0.2, 0.25) is 0 Å². The van der Waals surface area contributed by atoms with Crippen molar-refractivity contribution in [2.45, 2.75) is 39.2 Å². The van der Waals surface area contributed by atoms with Crippen LogP contribution in [-0.2, 0) is 19.4 Å². The molecule has 4 heterocycles. The Hall–Kier alpha value is -2.37. The maximum absolute atomic E-state index is 12.3. The van der Waals surface area contributed by atoms with Crippen LogP contribution >= 0.6 is 0 Å². The summed E-state index contributed by atoms with van der Waals surface area (Å²) >= 11 is 0. The molecule has 0 spiro atoms. The van der Waals surface area contributed by atoms with Gasteiger partial charge in [-0.15, -0.1) is 0 Å². The Morgan fingerprint density at radius 2 is 2.20 bits per heavy atom. The third-order valence-electron chi connectivity index (χ3n) is 5.73. The molecule has 6 nitrogen and oxygen atoms in total. The fourth-order valence-electron chi connectivity index (χ4n) is 4.45. The van der Waals surface area contributed by atoms with E-state index in [0.29, 0.717) is 12.5 Å². The molecule has 2 aromatic rings. The molecule has 1 amide bonds. The zero-order valence-corrected chi connectivity index (χ0v) is 14.6. The third-order valence-corrected chi connectivity index (χ3v) is 5.73. The van der Waals surface area contributed by atoms with E-state index < -0.39 is 0 Å². The van der Waals surface area contributed by atoms with Gasteiger partial charge in [0.05, 0.1) is 12.2 Å². The molecule has 0 aromatic carbocycles. The lowest BCUT2D eigenvalue weighted by atomic mass is 9.89. The minimum Gasteiger partial charge on any atom is -0.356 e. The molecule has 0 radical (unpaired) electrons. The second kappa shape index (κ2) is 5.58. The van der Waals surface area contributed by atoms with Gasteiger partial charge in [0.25, 0.3) is 5.91 Å². The van der Waals surface area contributed by atoms with E-state index in [4.69, 9.17) is 10.1 Å². The number of hydrogen-bond acceptors (Lipinski definition) is 4. The molecule has 1 fully saturated rings. The standard InChI is InChI=1S/C19H23N5O/c1-12-3-2-7-23(11-12)16-9-15-13(10-21-16)4-5-14-17(15)22-24-8-6-20-19(25)18(14)24/h9-10,12H,2-8,11H2,1H3,(H,20,25). The number of anilines is 1. The highest BCUT2D eigenvalue weighted by Crippen LogP contribution is 2.37. The number of aromatic nitrogens is 3. The van der Waals surface area contributed by atoms with Crippen molar-refractivity contribution in [3.05, 3.63) is 29.1 Å². The van der Waals surface area contributed by atoms with Gasteiger partial charge in [0.15, 0.2) is 0 Å². The average Bonchev–Trinajstić information content (AvgIpc) is 3.01. The van der Waals surface area contributed by atoms with E-state index in [1.54, 1.807) is 0 Å². The Bertz CT molecular complexity index is 856. The molecule has 0 saturated carbocycles. The number of carbonyl (C=O) groups excluding carboxylic acids is 1. The maximum Gasteiger partial charge on any atom is 0.269 e. The van der Waals surface area contributed by atoms with Gasteiger partial charge in [0.1, 0.15) is 11.5 Å². The number of carbonyl (C=O) groups is 1. The van der Waals surface area contributed by atoms with E-state index in [1.807, 2.05) is 10.9 Å². The molecule has 1 N–H and O–H groups in total. The lowest BCUT2D eigenvalue weighted by molar-refractivity contribution is 0.0923. The Balaban J connectivity index is 1.59. The Labute approximate surface area is 147 Å². The molecule has 2 aromatic heterocycles. The SMILES string of the molecule is CC1CCCN(c2cc3c(cn2)CCc2c-3nn3c2C(=O)NCC3)C1. The van der Waals surface area contributed by atoms with Crippen LogP contribution in [-0.4, -0.2) is 40.3 Å².